The molecule has 5 heteroatoms. The van der Waals surface area contributed by atoms with Gasteiger partial charge in [0.15, 0.2) is 0 Å². The highest BCUT2D eigenvalue weighted by Crippen LogP contribution is 2.22. The highest BCUT2D eigenvalue weighted by molar-refractivity contribution is 5.77. The molecule has 126 valence electrons. The molecule has 0 saturated carbocycles. The molecule has 0 spiro atoms. The first kappa shape index (κ1) is 16.2. The number of hydrogen-bond acceptors (Lipinski definition) is 4. The number of rotatable bonds is 4. The number of carbonyl (C=O) groups is 1. The smallest absolute Gasteiger partial charge is 0.222 e. The molecule has 1 amide bonds. The van der Waals surface area contributed by atoms with Gasteiger partial charge in [0, 0.05) is 57.9 Å². The van der Waals surface area contributed by atoms with Gasteiger partial charge in [-0.05, 0) is 38.3 Å². The van der Waals surface area contributed by atoms with Gasteiger partial charge in [0.05, 0.1) is 11.9 Å². The summed E-state index contributed by atoms with van der Waals surface area (Å²) in [4.78, 5) is 23.2. The summed E-state index contributed by atoms with van der Waals surface area (Å²) in [5, 5.41) is 0. The normalized spacial score (nSPS) is 23.6. The Hall–Kier alpha value is -1.62. The molecule has 2 fully saturated rings. The Morgan fingerprint density at radius 2 is 2.04 bits per heavy atom. The van der Waals surface area contributed by atoms with E-state index in [1.54, 1.807) is 0 Å². The van der Waals surface area contributed by atoms with Crippen molar-refractivity contribution in [2.45, 2.75) is 32.7 Å². The second kappa shape index (κ2) is 7.30. The zero-order chi connectivity index (χ0) is 16.2. The zero-order valence-electron chi connectivity index (χ0n) is 14.3. The van der Waals surface area contributed by atoms with Crippen LogP contribution in [0, 0.1) is 5.92 Å². The van der Waals surface area contributed by atoms with Crippen molar-refractivity contribution in [3.8, 4) is 0 Å². The molecule has 2 aliphatic heterocycles. The van der Waals surface area contributed by atoms with Gasteiger partial charge in [-0.2, -0.15) is 0 Å². The third-order valence-electron chi connectivity index (χ3n) is 5.06. The third kappa shape index (κ3) is 4.02. The van der Waals surface area contributed by atoms with Crippen LogP contribution in [0.3, 0.4) is 0 Å². The molecule has 1 aromatic heterocycles. The van der Waals surface area contributed by atoms with Gasteiger partial charge in [-0.25, -0.2) is 0 Å². The summed E-state index contributed by atoms with van der Waals surface area (Å²) in [6.07, 6.45) is 5.54. The Balaban J connectivity index is 1.48. The van der Waals surface area contributed by atoms with E-state index in [0.29, 0.717) is 17.9 Å². The number of aromatic nitrogens is 1. The predicted octanol–water partition coefficient (Wildman–Crippen LogP) is 1.85. The van der Waals surface area contributed by atoms with Crippen molar-refractivity contribution in [1.82, 2.24) is 14.8 Å². The standard InChI is InChI=1S/C18H28N4O/c1-15(2)22-14-16(5-6-18(22)23)13-20-8-10-21(11-9-20)17-4-3-7-19-12-17/h3-4,7,12,15-16H,5-6,8-11,13-14H2,1-2H3. The number of anilines is 1. The molecule has 0 bridgehead atoms. The van der Waals surface area contributed by atoms with Crippen molar-refractivity contribution in [3.05, 3.63) is 24.5 Å². The van der Waals surface area contributed by atoms with Crippen LogP contribution in [-0.2, 0) is 4.79 Å². The number of carbonyl (C=O) groups excluding carboxylic acids is 1. The average Bonchev–Trinajstić information content (AvgIpc) is 2.58. The predicted molar refractivity (Wildman–Crippen MR) is 92.5 cm³/mol. The SMILES string of the molecule is CC(C)N1CC(CN2CCN(c3cccnc3)CC2)CCC1=O. The summed E-state index contributed by atoms with van der Waals surface area (Å²) in [7, 11) is 0. The lowest BCUT2D eigenvalue weighted by molar-refractivity contribution is -0.136. The van der Waals surface area contributed by atoms with Gasteiger partial charge in [0.25, 0.3) is 0 Å². The number of piperazine rings is 1. The number of nitrogens with zero attached hydrogens (tertiary/aromatic N) is 4. The molecule has 5 nitrogen and oxygen atoms in total. The van der Waals surface area contributed by atoms with Gasteiger partial charge in [-0.3, -0.25) is 14.7 Å². The molecule has 23 heavy (non-hydrogen) atoms. The van der Waals surface area contributed by atoms with E-state index in [9.17, 15) is 4.79 Å². The molecule has 2 saturated heterocycles. The molecule has 3 rings (SSSR count). The van der Waals surface area contributed by atoms with Crippen molar-refractivity contribution >= 4 is 11.6 Å². The van der Waals surface area contributed by atoms with Crippen LogP contribution in [0.15, 0.2) is 24.5 Å². The first-order valence-electron chi connectivity index (χ1n) is 8.80. The van der Waals surface area contributed by atoms with E-state index in [1.807, 2.05) is 18.5 Å². The van der Waals surface area contributed by atoms with E-state index in [4.69, 9.17) is 0 Å². The Morgan fingerprint density at radius 1 is 1.26 bits per heavy atom. The van der Waals surface area contributed by atoms with Gasteiger partial charge in [-0.1, -0.05) is 0 Å². The highest BCUT2D eigenvalue weighted by Gasteiger charge is 2.29. The monoisotopic (exact) mass is 316 g/mol. The first-order chi connectivity index (χ1) is 11.1. The molecular weight excluding hydrogens is 288 g/mol. The summed E-state index contributed by atoms with van der Waals surface area (Å²) in [6.45, 7) is 10.6. The fraction of sp³-hybridized carbons (Fsp3) is 0.667. The van der Waals surface area contributed by atoms with E-state index in [0.717, 1.165) is 52.1 Å². The summed E-state index contributed by atoms with van der Waals surface area (Å²) in [5.41, 5.74) is 1.22. The average molecular weight is 316 g/mol. The number of amides is 1. The number of hydrogen-bond donors (Lipinski definition) is 0. The molecule has 2 aliphatic rings. The first-order valence-corrected chi connectivity index (χ1v) is 8.80. The van der Waals surface area contributed by atoms with E-state index < -0.39 is 0 Å². The molecule has 1 atom stereocenters. The van der Waals surface area contributed by atoms with Crippen LogP contribution < -0.4 is 4.90 Å². The van der Waals surface area contributed by atoms with Gasteiger partial charge >= 0.3 is 0 Å². The maximum Gasteiger partial charge on any atom is 0.222 e. The van der Waals surface area contributed by atoms with Crippen molar-refractivity contribution < 1.29 is 4.79 Å². The molecule has 3 heterocycles. The molecule has 1 aromatic rings. The van der Waals surface area contributed by atoms with E-state index in [2.05, 4.69) is 39.6 Å². The molecular formula is C18H28N4O. The van der Waals surface area contributed by atoms with Crippen LogP contribution in [0.5, 0.6) is 0 Å². The minimum atomic E-state index is 0.327. The van der Waals surface area contributed by atoms with Crippen LogP contribution >= 0.6 is 0 Å². The lowest BCUT2D eigenvalue weighted by Gasteiger charge is -2.40. The summed E-state index contributed by atoms with van der Waals surface area (Å²) in [5.74, 6) is 0.956. The quantitative estimate of drug-likeness (QED) is 0.850. The van der Waals surface area contributed by atoms with Crippen LogP contribution in [0.25, 0.3) is 0 Å². The fourth-order valence-corrected chi connectivity index (χ4v) is 3.68. The summed E-state index contributed by atoms with van der Waals surface area (Å²) < 4.78 is 0. The number of pyridine rings is 1. The Kier molecular flexibility index (Phi) is 5.16. The molecule has 0 aliphatic carbocycles. The maximum absolute atomic E-state index is 12.0. The van der Waals surface area contributed by atoms with Crippen LogP contribution in [0.4, 0.5) is 5.69 Å². The number of likely N-dealkylation sites (tertiary alicyclic amines) is 1. The fourth-order valence-electron chi connectivity index (χ4n) is 3.68. The second-order valence-corrected chi connectivity index (χ2v) is 7.04. The molecule has 0 aromatic carbocycles. The van der Waals surface area contributed by atoms with Crippen molar-refractivity contribution in [2.24, 2.45) is 5.92 Å². The minimum absolute atomic E-state index is 0.327. The lowest BCUT2D eigenvalue weighted by atomic mass is 9.95. The Labute approximate surface area is 139 Å². The lowest BCUT2D eigenvalue weighted by Crippen LogP contribution is -2.51. The van der Waals surface area contributed by atoms with Gasteiger partial charge in [-0.15, -0.1) is 0 Å². The zero-order valence-corrected chi connectivity index (χ0v) is 14.3. The molecule has 0 N–H and O–H groups in total. The second-order valence-electron chi connectivity index (χ2n) is 7.04. The molecule has 1 unspecified atom stereocenters. The minimum Gasteiger partial charge on any atom is -0.368 e. The molecule has 0 radical (unpaired) electrons. The van der Waals surface area contributed by atoms with Crippen LogP contribution in [-0.4, -0.2) is 66.0 Å². The van der Waals surface area contributed by atoms with Crippen molar-refractivity contribution in [2.75, 3.05) is 44.2 Å². The Morgan fingerprint density at radius 3 is 2.70 bits per heavy atom. The number of piperidine rings is 1. The third-order valence-corrected chi connectivity index (χ3v) is 5.06. The van der Waals surface area contributed by atoms with Crippen molar-refractivity contribution in [3.63, 3.8) is 0 Å². The van der Waals surface area contributed by atoms with Gasteiger partial charge in [0.1, 0.15) is 0 Å². The van der Waals surface area contributed by atoms with E-state index in [1.165, 1.54) is 5.69 Å². The highest BCUT2D eigenvalue weighted by atomic mass is 16.2. The summed E-state index contributed by atoms with van der Waals surface area (Å²) in [6, 6.07) is 4.46. The largest absolute Gasteiger partial charge is 0.368 e. The van der Waals surface area contributed by atoms with Crippen molar-refractivity contribution in [1.29, 1.82) is 0 Å². The van der Waals surface area contributed by atoms with Crippen LogP contribution in [0.2, 0.25) is 0 Å². The summed E-state index contributed by atoms with van der Waals surface area (Å²) >= 11 is 0. The van der Waals surface area contributed by atoms with Gasteiger partial charge in [0.2, 0.25) is 5.91 Å². The van der Waals surface area contributed by atoms with Gasteiger partial charge < -0.3 is 9.80 Å². The Bertz CT molecular complexity index is 511. The van der Waals surface area contributed by atoms with E-state index in [-0.39, 0.29) is 0 Å². The van der Waals surface area contributed by atoms with E-state index >= 15 is 0 Å². The maximum atomic E-state index is 12.0. The topological polar surface area (TPSA) is 39.7 Å². The van der Waals surface area contributed by atoms with Crippen LogP contribution in [0.1, 0.15) is 26.7 Å².